The van der Waals surface area contributed by atoms with Gasteiger partial charge in [0.25, 0.3) is 0 Å². The zero-order chi connectivity index (χ0) is 11.5. The van der Waals surface area contributed by atoms with E-state index in [9.17, 15) is 0 Å². The van der Waals surface area contributed by atoms with Gasteiger partial charge in [0, 0.05) is 31.8 Å². The number of nitrogens with one attached hydrogen (secondary N) is 2. The van der Waals surface area contributed by atoms with Crippen LogP contribution in [-0.4, -0.2) is 38.4 Å². The van der Waals surface area contributed by atoms with Gasteiger partial charge in [-0.1, -0.05) is 6.92 Å². The Morgan fingerprint density at radius 2 is 1.94 bits per heavy atom. The van der Waals surface area contributed by atoms with Crippen LogP contribution in [0.4, 0.5) is 0 Å². The van der Waals surface area contributed by atoms with Gasteiger partial charge in [-0.15, -0.1) is 0 Å². The molecule has 0 aromatic rings. The highest BCUT2D eigenvalue weighted by atomic mass is 16.5. The van der Waals surface area contributed by atoms with Gasteiger partial charge in [-0.05, 0) is 44.6 Å². The van der Waals surface area contributed by atoms with Crippen LogP contribution in [0.2, 0.25) is 0 Å². The third kappa shape index (κ3) is 3.19. The number of ether oxygens (including phenoxy) is 1. The van der Waals surface area contributed by atoms with Crippen molar-refractivity contribution < 1.29 is 4.74 Å². The Hall–Kier alpha value is -0.120. The molecule has 1 unspecified atom stereocenters. The number of hydrogen-bond acceptors (Lipinski definition) is 3. The highest BCUT2D eigenvalue weighted by molar-refractivity contribution is 4.90. The first kappa shape index (κ1) is 12.3. The van der Waals surface area contributed by atoms with Gasteiger partial charge in [0.1, 0.15) is 0 Å². The summed E-state index contributed by atoms with van der Waals surface area (Å²) < 4.78 is 5.43. The van der Waals surface area contributed by atoms with Gasteiger partial charge in [0.15, 0.2) is 0 Å². The molecule has 2 aliphatic heterocycles. The Morgan fingerprint density at radius 1 is 1.19 bits per heavy atom. The van der Waals surface area contributed by atoms with E-state index in [2.05, 4.69) is 24.5 Å². The van der Waals surface area contributed by atoms with Crippen molar-refractivity contribution in [1.29, 1.82) is 0 Å². The summed E-state index contributed by atoms with van der Waals surface area (Å²) >= 11 is 0. The summed E-state index contributed by atoms with van der Waals surface area (Å²) in [7, 11) is 0. The third-order valence-corrected chi connectivity index (χ3v) is 4.22. The molecule has 2 N–H and O–H groups in total. The fourth-order valence-corrected chi connectivity index (χ4v) is 2.70. The Labute approximate surface area is 99.3 Å². The molecule has 1 atom stereocenters. The number of rotatable bonds is 3. The van der Waals surface area contributed by atoms with Crippen molar-refractivity contribution in [3.63, 3.8) is 0 Å². The normalized spacial score (nSPS) is 34.9. The fourth-order valence-electron chi connectivity index (χ4n) is 2.70. The van der Waals surface area contributed by atoms with Crippen molar-refractivity contribution in [3.8, 4) is 0 Å². The molecule has 0 saturated carbocycles. The second kappa shape index (κ2) is 5.03. The molecular weight excluding hydrogens is 200 g/mol. The summed E-state index contributed by atoms with van der Waals surface area (Å²) in [4.78, 5) is 0. The predicted molar refractivity (Wildman–Crippen MR) is 66.7 cm³/mol. The largest absolute Gasteiger partial charge is 0.381 e. The van der Waals surface area contributed by atoms with Crippen LogP contribution in [0.5, 0.6) is 0 Å². The lowest BCUT2D eigenvalue weighted by Gasteiger charge is -2.41. The lowest BCUT2D eigenvalue weighted by molar-refractivity contribution is 0.0392. The molecule has 0 amide bonds. The predicted octanol–water partition coefficient (Wildman–Crippen LogP) is 1.53. The molecule has 2 rings (SSSR count). The van der Waals surface area contributed by atoms with Crippen LogP contribution in [0.25, 0.3) is 0 Å². The summed E-state index contributed by atoms with van der Waals surface area (Å²) in [6.45, 7) is 10.1. The van der Waals surface area contributed by atoms with Gasteiger partial charge in [-0.25, -0.2) is 0 Å². The third-order valence-electron chi connectivity index (χ3n) is 4.22. The molecule has 0 bridgehead atoms. The minimum Gasteiger partial charge on any atom is -0.381 e. The lowest BCUT2D eigenvalue weighted by Crippen LogP contribution is -2.53. The Bertz CT molecular complexity index is 194. The average Bonchev–Trinajstić information content (AvgIpc) is 2.29. The quantitative estimate of drug-likeness (QED) is 0.766. The van der Waals surface area contributed by atoms with Crippen LogP contribution in [0.15, 0.2) is 0 Å². The lowest BCUT2D eigenvalue weighted by atomic mass is 9.81. The monoisotopic (exact) mass is 226 g/mol. The van der Waals surface area contributed by atoms with E-state index in [-0.39, 0.29) is 0 Å². The highest BCUT2D eigenvalue weighted by Crippen LogP contribution is 2.27. The average molecular weight is 226 g/mol. The molecule has 0 aromatic heterocycles. The number of piperidine rings is 1. The summed E-state index contributed by atoms with van der Waals surface area (Å²) in [6, 6.07) is 0. The van der Waals surface area contributed by atoms with E-state index in [4.69, 9.17) is 4.74 Å². The topological polar surface area (TPSA) is 33.3 Å². The first-order valence-electron chi connectivity index (χ1n) is 6.66. The van der Waals surface area contributed by atoms with Crippen LogP contribution in [-0.2, 0) is 4.74 Å². The van der Waals surface area contributed by atoms with Gasteiger partial charge in [0.05, 0.1) is 0 Å². The van der Waals surface area contributed by atoms with Crippen LogP contribution in [0.1, 0.15) is 39.5 Å². The molecule has 3 nitrogen and oxygen atoms in total. The Balaban J connectivity index is 1.80. The molecule has 3 heteroatoms. The summed E-state index contributed by atoms with van der Waals surface area (Å²) in [5.74, 6) is 0. The van der Waals surface area contributed by atoms with Crippen LogP contribution in [0, 0.1) is 5.41 Å². The molecule has 2 fully saturated rings. The van der Waals surface area contributed by atoms with E-state index < -0.39 is 0 Å². The van der Waals surface area contributed by atoms with Crippen molar-refractivity contribution in [2.24, 2.45) is 5.41 Å². The van der Waals surface area contributed by atoms with Crippen molar-refractivity contribution in [2.45, 2.75) is 45.1 Å². The van der Waals surface area contributed by atoms with Crippen LogP contribution >= 0.6 is 0 Å². The molecule has 2 aliphatic rings. The number of hydrogen-bond donors (Lipinski definition) is 2. The molecule has 0 radical (unpaired) electrons. The van der Waals surface area contributed by atoms with E-state index >= 15 is 0 Å². The van der Waals surface area contributed by atoms with Gasteiger partial charge < -0.3 is 15.4 Å². The second-order valence-electron chi connectivity index (χ2n) is 6.12. The first-order chi connectivity index (χ1) is 7.62. The zero-order valence-corrected chi connectivity index (χ0v) is 10.8. The minimum atomic E-state index is 0.304. The van der Waals surface area contributed by atoms with Gasteiger partial charge in [-0.3, -0.25) is 0 Å². The van der Waals surface area contributed by atoms with Crippen molar-refractivity contribution in [3.05, 3.63) is 0 Å². The maximum Gasteiger partial charge on any atom is 0.0483 e. The SMILES string of the molecule is CC1(CNC2(C)CCOCC2)CCCNC1. The van der Waals surface area contributed by atoms with Gasteiger partial charge in [-0.2, -0.15) is 0 Å². The van der Waals surface area contributed by atoms with Crippen LogP contribution in [0.3, 0.4) is 0 Å². The fraction of sp³-hybridized carbons (Fsp3) is 1.00. The first-order valence-corrected chi connectivity index (χ1v) is 6.66. The van der Waals surface area contributed by atoms with E-state index in [0.717, 1.165) is 39.1 Å². The molecule has 94 valence electrons. The standard InChI is InChI=1S/C13H26N2O/c1-12(4-3-7-14-10-12)11-15-13(2)5-8-16-9-6-13/h14-15H,3-11H2,1-2H3. The van der Waals surface area contributed by atoms with E-state index in [1.165, 1.54) is 19.4 Å². The van der Waals surface area contributed by atoms with Gasteiger partial charge >= 0.3 is 0 Å². The zero-order valence-electron chi connectivity index (χ0n) is 10.8. The van der Waals surface area contributed by atoms with Crippen LogP contribution < -0.4 is 10.6 Å². The second-order valence-corrected chi connectivity index (χ2v) is 6.12. The summed E-state index contributed by atoms with van der Waals surface area (Å²) in [5.41, 5.74) is 0.748. The van der Waals surface area contributed by atoms with Gasteiger partial charge in [0.2, 0.25) is 0 Å². The summed E-state index contributed by atoms with van der Waals surface area (Å²) in [5, 5.41) is 7.30. The molecule has 0 spiro atoms. The maximum absolute atomic E-state index is 5.43. The van der Waals surface area contributed by atoms with E-state index in [1.807, 2.05) is 0 Å². The highest BCUT2D eigenvalue weighted by Gasteiger charge is 2.32. The van der Waals surface area contributed by atoms with Crippen molar-refractivity contribution in [2.75, 3.05) is 32.8 Å². The minimum absolute atomic E-state index is 0.304. The van der Waals surface area contributed by atoms with E-state index in [0.29, 0.717) is 11.0 Å². The van der Waals surface area contributed by atoms with E-state index in [1.54, 1.807) is 0 Å². The molecule has 2 saturated heterocycles. The van der Waals surface area contributed by atoms with Crippen molar-refractivity contribution >= 4 is 0 Å². The molecular formula is C13H26N2O. The molecule has 0 aromatic carbocycles. The Kier molecular flexibility index (Phi) is 3.88. The summed E-state index contributed by atoms with van der Waals surface area (Å²) in [6.07, 6.45) is 4.96. The van der Waals surface area contributed by atoms with Crippen molar-refractivity contribution in [1.82, 2.24) is 10.6 Å². The maximum atomic E-state index is 5.43. The molecule has 16 heavy (non-hydrogen) atoms. The smallest absolute Gasteiger partial charge is 0.0483 e. The Morgan fingerprint density at radius 3 is 2.56 bits per heavy atom. The molecule has 0 aliphatic carbocycles. The molecule has 2 heterocycles.